The number of methoxy groups -OCH3 is 2. The molecule has 110 valence electrons. The number of pyridine rings is 1. The second-order valence-corrected chi connectivity index (χ2v) is 5.44. The molecule has 0 amide bonds. The van der Waals surface area contributed by atoms with Gasteiger partial charge >= 0.3 is 0 Å². The second-order valence-electron chi connectivity index (χ2n) is 4.07. The smallest absolute Gasteiger partial charge is 0.173 e. The van der Waals surface area contributed by atoms with Gasteiger partial charge < -0.3 is 9.47 Å². The summed E-state index contributed by atoms with van der Waals surface area (Å²) < 4.78 is 10.3. The van der Waals surface area contributed by atoms with Gasteiger partial charge in [-0.3, -0.25) is 4.79 Å². The van der Waals surface area contributed by atoms with E-state index in [2.05, 4.69) is 4.98 Å². The Morgan fingerprint density at radius 1 is 1.24 bits per heavy atom. The molecule has 1 heterocycles. The first kappa shape index (κ1) is 15.7. The highest BCUT2D eigenvalue weighted by molar-refractivity contribution is 8.00. The quantitative estimate of drug-likeness (QED) is 0.599. The molecule has 1 aromatic heterocycles. The fourth-order valence-electron chi connectivity index (χ4n) is 1.70. The van der Waals surface area contributed by atoms with Crippen LogP contribution in [0.3, 0.4) is 0 Å². The molecule has 1 aromatic carbocycles. The number of ketones is 1. The van der Waals surface area contributed by atoms with Crippen molar-refractivity contribution in [1.29, 1.82) is 0 Å². The zero-order valence-corrected chi connectivity index (χ0v) is 13.2. The van der Waals surface area contributed by atoms with Crippen LogP contribution >= 0.6 is 23.4 Å². The van der Waals surface area contributed by atoms with E-state index >= 15 is 0 Å². The lowest BCUT2D eigenvalue weighted by Crippen LogP contribution is -2.03. The molecule has 0 aliphatic rings. The average molecular weight is 324 g/mol. The number of thioether (sulfide) groups is 1. The third kappa shape index (κ3) is 3.89. The largest absolute Gasteiger partial charge is 0.493 e. The van der Waals surface area contributed by atoms with Gasteiger partial charge in [0.25, 0.3) is 0 Å². The molecule has 6 heteroatoms. The van der Waals surface area contributed by atoms with E-state index in [-0.39, 0.29) is 11.5 Å². The molecular weight excluding hydrogens is 310 g/mol. The van der Waals surface area contributed by atoms with E-state index in [0.29, 0.717) is 27.1 Å². The van der Waals surface area contributed by atoms with Crippen molar-refractivity contribution in [2.45, 2.75) is 5.03 Å². The summed E-state index contributed by atoms with van der Waals surface area (Å²) in [6.45, 7) is 0. The molecule has 21 heavy (non-hydrogen) atoms. The Balaban J connectivity index is 2.09. The van der Waals surface area contributed by atoms with Crippen molar-refractivity contribution in [2.75, 3.05) is 20.0 Å². The van der Waals surface area contributed by atoms with Crippen molar-refractivity contribution in [3.63, 3.8) is 0 Å². The highest BCUT2D eigenvalue weighted by Crippen LogP contribution is 2.29. The van der Waals surface area contributed by atoms with Crippen LogP contribution in [0.15, 0.2) is 41.6 Å². The maximum Gasteiger partial charge on any atom is 0.173 e. The summed E-state index contributed by atoms with van der Waals surface area (Å²) in [5, 5.41) is 1.19. The molecule has 0 fully saturated rings. The van der Waals surface area contributed by atoms with Crippen LogP contribution in [0.1, 0.15) is 10.4 Å². The minimum Gasteiger partial charge on any atom is -0.493 e. The maximum absolute atomic E-state index is 12.2. The fraction of sp³-hybridized carbons (Fsp3) is 0.200. The van der Waals surface area contributed by atoms with Crippen LogP contribution < -0.4 is 9.47 Å². The van der Waals surface area contributed by atoms with Crippen LogP contribution in [0.4, 0.5) is 0 Å². The molecule has 2 aromatic rings. The number of hydrogen-bond donors (Lipinski definition) is 0. The number of carbonyl (C=O) groups excluding carboxylic acids is 1. The van der Waals surface area contributed by atoms with Gasteiger partial charge in [-0.25, -0.2) is 4.98 Å². The molecule has 0 spiro atoms. The topological polar surface area (TPSA) is 48.4 Å². The van der Waals surface area contributed by atoms with Crippen LogP contribution in [-0.2, 0) is 0 Å². The number of ether oxygens (including phenoxy) is 2. The first-order valence-corrected chi connectivity index (χ1v) is 7.50. The summed E-state index contributed by atoms with van der Waals surface area (Å²) in [7, 11) is 3.09. The first-order valence-electron chi connectivity index (χ1n) is 6.14. The van der Waals surface area contributed by atoms with Crippen LogP contribution in [-0.4, -0.2) is 30.7 Å². The van der Waals surface area contributed by atoms with E-state index in [4.69, 9.17) is 21.1 Å². The lowest BCUT2D eigenvalue weighted by molar-refractivity contribution is 0.102. The Labute approximate surface area is 132 Å². The minimum absolute atomic E-state index is 0.0253. The van der Waals surface area contributed by atoms with Gasteiger partial charge in [0, 0.05) is 11.8 Å². The van der Waals surface area contributed by atoms with Gasteiger partial charge in [-0.15, -0.1) is 0 Å². The Morgan fingerprint density at radius 2 is 2.00 bits per heavy atom. The van der Waals surface area contributed by atoms with Gasteiger partial charge in [-0.2, -0.15) is 0 Å². The van der Waals surface area contributed by atoms with E-state index in [1.165, 1.54) is 18.9 Å². The highest BCUT2D eigenvalue weighted by atomic mass is 35.5. The molecule has 0 bridgehead atoms. The standard InChI is InChI=1S/C15H14ClNO3S/c1-19-13-6-5-10(8-14(13)20-2)12(18)9-21-15-11(16)4-3-7-17-15/h3-8H,9H2,1-2H3. The van der Waals surface area contributed by atoms with Crippen LogP contribution in [0, 0.1) is 0 Å². The van der Waals surface area contributed by atoms with Crippen LogP contribution in [0.5, 0.6) is 11.5 Å². The molecule has 0 radical (unpaired) electrons. The summed E-state index contributed by atoms with van der Waals surface area (Å²) in [5.74, 6) is 1.35. The Kier molecular flexibility index (Phi) is 5.47. The van der Waals surface area contributed by atoms with E-state index in [0.717, 1.165) is 0 Å². The van der Waals surface area contributed by atoms with Crippen molar-refractivity contribution in [3.05, 3.63) is 47.1 Å². The Hall–Kier alpha value is -1.72. The van der Waals surface area contributed by atoms with E-state index in [1.54, 1.807) is 43.6 Å². The van der Waals surface area contributed by atoms with Crippen LogP contribution in [0.2, 0.25) is 5.02 Å². The number of halogens is 1. The number of carbonyl (C=O) groups is 1. The zero-order chi connectivity index (χ0) is 15.2. The van der Waals surface area contributed by atoms with Gasteiger partial charge in [0.05, 0.1) is 25.0 Å². The second kappa shape index (κ2) is 7.33. The maximum atomic E-state index is 12.2. The van der Waals surface area contributed by atoms with Crippen molar-refractivity contribution >= 4 is 29.1 Å². The monoisotopic (exact) mass is 323 g/mol. The molecule has 0 saturated heterocycles. The van der Waals surface area contributed by atoms with Gasteiger partial charge in [0.2, 0.25) is 0 Å². The van der Waals surface area contributed by atoms with Crippen molar-refractivity contribution < 1.29 is 14.3 Å². The number of hydrogen-bond acceptors (Lipinski definition) is 5. The summed E-state index contributed by atoms with van der Waals surface area (Å²) in [5.41, 5.74) is 0.562. The Morgan fingerprint density at radius 3 is 2.67 bits per heavy atom. The molecule has 0 saturated carbocycles. The van der Waals surface area contributed by atoms with Crippen molar-refractivity contribution in [2.24, 2.45) is 0 Å². The number of Topliss-reactive ketones (excluding diaryl/α,β-unsaturated/α-hetero) is 1. The van der Waals surface area contributed by atoms with Gasteiger partial charge in [-0.05, 0) is 30.3 Å². The van der Waals surface area contributed by atoms with Gasteiger partial charge in [0.1, 0.15) is 5.03 Å². The van der Waals surface area contributed by atoms with E-state index in [1.807, 2.05) is 0 Å². The summed E-state index contributed by atoms with van der Waals surface area (Å²) >= 11 is 7.32. The molecule has 0 unspecified atom stereocenters. The third-order valence-electron chi connectivity index (χ3n) is 2.77. The number of benzene rings is 1. The SMILES string of the molecule is COc1ccc(C(=O)CSc2ncccc2Cl)cc1OC. The number of rotatable bonds is 6. The molecule has 4 nitrogen and oxygen atoms in total. The first-order chi connectivity index (χ1) is 10.2. The minimum atomic E-state index is -0.0253. The molecule has 0 aliphatic carbocycles. The van der Waals surface area contributed by atoms with Crippen LogP contribution in [0.25, 0.3) is 0 Å². The van der Waals surface area contributed by atoms with Gasteiger partial charge in [0.15, 0.2) is 17.3 Å². The zero-order valence-electron chi connectivity index (χ0n) is 11.6. The number of nitrogens with zero attached hydrogens (tertiary/aromatic N) is 1. The Bertz CT molecular complexity index is 649. The van der Waals surface area contributed by atoms with Gasteiger partial charge in [-0.1, -0.05) is 23.4 Å². The lowest BCUT2D eigenvalue weighted by atomic mass is 10.1. The molecule has 2 rings (SSSR count). The molecule has 0 N–H and O–H groups in total. The number of aromatic nitrogens is 1. The average Bonchev–Trinajstić information content (AvgIpc) is 2.53. The lowest BCUT2D eigenvalue weighted by Gasteiger charge is -2.09. The normalized spacial score (nSPS) is 10.2. The highest BCUT2D eigenvalue weighted by Gasteiger charge is 2.12. The van der Waals surface area contributed by atoms with Crippen molar-refractivity contribution in [1.82, 2.24) is 4.98 Å². The summed E-state index contributed by atoms with van der Waals surface area (Å²) in [4.78, 5) is 16.3. The molecule has 0 atom stereocenters. The molecule has 0 aliphatic heterocycles. The van der Waals surface area contributed by atoms with Crippen molar-refractivity contribution in [3.8, 4) is 11.5 Å². The summed E-state index contributed by atoms with van der Waals surface area (Å²) in [6, 6.07) is 8.59. The third-order valence-corrected chi connectivity index (χ3v) is 4.19. The van der Waals surface area contributed by atoms with E-state index in [9.17, 15) is 4.79 Å². The fourth-order valence-corrected chi connectivity index (χ4v) is 2.77. The van der Waals surface area contributed by atoms with E-state index < -0.39 is 0 Å². The predicted molar refractivity (Wildman–Crippen MR) is 83.8 cm³/mol. The summed E-state index contributed by atoms with van der Waals surface area (Å²) in [6.07, 6.45) is 1.65. The molecular formula is C15H14ClNO3S. The predicted octanol–water partition coefficient (Wildman–Crippen LogP) is 3.73.